The zero-order valence-corrected chi connectivity index (χ0v) is 5.58. The Morgan fingerprint density at radius 2 is 2.00 bits per heavy atom. The van der Waals surface area contributed by atoms with Gasteiger partial charge in [0.1, 0.15) is 0 Å². The highest BCUT2D eigenvalue weighted by molar-refractivity contribution is 4.91. The molecule has 2 rings (SSSR count). The largest absolute Gasteiger partial charge is 0.368 e. The van der Waals surface area contributed by atoms with E-state index in [2.05, 4.69) is 0 Å². The van der Waals surface area contributed by atoms with E-state index in [-0.39, 0.29) is 0 Å². The molecule has 9 heavy (non-hydrogen) atoms. The van der Waals surface area contributed by atoms with E-state index in [1.807, 2.05) is 6.92 Å². The molecule has 52 valence electrons. The van der Waals surface area contributed by atoms with Crippen LogP contribution in [0, 0.1) is 11.8 Å². The minimum Gasteiger partial charge on any atom is -0.368 e. The van der Waals surface area contributed by atoms with Gasteiger partial charge in [-0.3, -0.25) is 0 Å². The van der Waals surface area contributed by atoms with E-state index in [1.54, 1.807) is 0 Å². The van der Waals surface area contributed by atoms with Gasteiger partial charge < -0.3 is 9.84 Å². The molecule has 1 heterocycles. The van der Waals surface area contributed by atoms with Gasteiger partial charge in [-0.05, 0) is 25.7 Å². The molecule has 1 saturated heterocycles. The van der Waals surface area contributed by atoms with Crippen LogP contribution in [0.1, 0.15) is 19.8 Å². The van der Waals surface area contributed by atoms with Gasteiger partial charge in [0, 0.05) is 5.92 Å². The quantitative estimate of drug-likeness (QED) is 0.521. The maximum Gasteiger partial charge on any atom is 0.158 e. The summed E-state index contributed by atoms with van der Waals surface area (Å²) in [6.45, 7) is 2.05. The first-order valence-electron chi connectivity index (χ1n) is 3.62. The number of aliphatic hydroxyl groups excluding tert-OH is 1. The third-order valence-corrected chi connectivity index (χ3v) is 2.71. The molecule has 0 amide bonds. The van der Waals surface area contributed by atoms with Crippen molar-refractivity contribution in [1.82, 2.24) is 0 Å². The number of aliphatic hydroxyl groups is 1. The van der Waals surface area contributed by atoms with Crippen LogP contribution in [0.2, 0.25) is 0 Å². The first-order valence-corrected chi connectivity index (χ1v) is 3.62. The van der Waals surface area contributed by atoms with Crippen LogP contribution >= 0.6 is 0 Å². The minimum absolute atomic E-state index is 0.304. The predicted octanol–water partition coefficient (Wildman–Crippen LogP) is 0.750. The molecule has 4 atom stereocenters. The lowest BCUT2D eigenvalue weighted by Crippen LogP contribution is -2.30. The fraction of sp³-hybridized carbons (Fsp3) is 1.00. The maximum atomic E-state index is 9.17. The van der Waals surface area contributed by atoms with Crippen molar-refractivity contribution in [3.63, 3.8) is 0 Å². The standard InChI is InChI=1S/C7H12O2/c1-4-5-2-3-6(5)7(8)9-4/h4-8H,2-3H2,1H3. The van der Waals surface area contributed by atoms with Crippen molar-refractivity contribution < 1.29 is 9.84 Å². The van der Waals surface area contributed by atoms with Crippen molar-refractivity contribution in [2.45, 2.75) is 32.2 Å². The second kappa shape index (κ2) is 1.70. The van der Waals surface area contributed by atoms with E-state index in [4.69, 9.17) is 9.84 Å². The lowest BCUT2D eigenvalue weighted by molar-refractivity contribution is -0.104. The smallest absolute Gasteiger partial charge is 0.158 e. The van der Waals surface area contributed by atoms with E-state index >= 15 is 0 Å². The lowest BCUT2D eigenvalue weighted by Gasteiger charge is -2.30. The highest BCUT2D eigenvalue weighted by Crippen LogP contribution is 2.45. The zero-order valence-electron chi connectivity index (χ0n) is 5.58. The molecular formula is C7H12O2. The molecule has 0 spiro atoms. The van der Waals surface area contributed by atoms with Crippen LogP contribution < -0.4 is 0 Å². The summed E-state index contributed by atoms with van der Waals surface area (Å²) in [5.74, 6) is 1.14. The van der Waals surface area contributed by atoms with Crippen LogP contribution in [-0.2, 0) is 4.74 Å². The Morgan fingerprint density at radius 1 is 1.33 bits per heavy atom. The highest BCUT2D eigenvalue weighted by Gasteiger charge is 2.46. The van der Waals surface area contributed by atoms with Crippen molar-refractivity contribution in [1.29, 1.82) is 0 Å². The monoisotopic (exact) mass is 128 g/mol. The number of hydrogen-bond acceptors (Lipinski definition) is 2. The van der Waals surface area contributed by atoms with Crippen LogP contribution in [0.4, 0.5) is 0 Å². The van der Waals surface area contributed by atoms with Gasteiger partial charge in [0.05, 0.1) is 6.10 Å². The third-order valence-electron chi connectivity index (χ3n) is 2.71. The highest BCUT2D eigenvalue weighted by atomic mass is 16.6. The summed E-state index contributed by atoms with van der Waals surface area (Å²) < 4.78 is 5.20. The maximum absolute atomic E-state index is 9.17. The van der Waals surface area contributed by atoms with Gasteiger partial charge >= 0.3 is 0 Å². The lowest BCUT2D eigenvalue weighted by atomic mass is 9.73. The van der Waals surface area contributed by atoms with Crippen molar-refractivity contribution >= 4 is 0 Å². The predicted molar refractivity (Wildman–Crippen MR) is 32.8 cm³/mol. The summed E-state index contributed by atoms with van der Waals surface area (Å²) in [4.78, 5) is 0. The molecule has 0 bridgehead atoms. The summed E-state index contributed by atoms with van der Waals surface area (Å²) >= 11 is 0. The molecule has 2 heteroatoms. The fourth-order valence-corrected chi connectivity index (χ4v) is 1.91. The second-order valence-electron chi connectivity index (χ2n) is 3.14. The van der Waals surface area contributed by atoms with Crippen molar-refractivity contribution in [2.75, 3.05) is 0 Å². The average molecular weight is 128 g/mol. The van der Waals surface area contributed by atoms with Crippen molar-refractivity contribution in [2.24, 2.45) is 11.8 Å². The zero-order chi connectivity index (χ0) is 6.43. The van der Waals surface area contributed by atoms with Crippen molar-refractivity contribution in [3.05, 3.63) is 0 Å². The number of hydrogen-bond donors (Lipinski definition) is 1. The van der Waals surface area contributed by atoms with Gasteiger partial charge in [-0.15, -0.1) is 0 Å². The van der Waals surface area contributed by atoms with Crippen LogP contribution in [0.25, 0.3) is 0 Å². The molecule has 2 nitrogen and oxygen atoms in total. The summed E-state index contributed by atoms with van der Waals surface area (Å²) in [5.41, 5.74) is 0. The summed E-state index contributed by atoms with van der Waals surface area (Å²) in [6.07, 6.45) is 2.27. The third kappa shape index (κ3) is 0.634. The van der Waals surface area contributed by atoms with Crippen LogP contribution in [0.3, 0.4) is 0 Å². The van der Waals surface area contributed by atoms with Gasteiger partial charge in [-0.2, -0.15) is 0 Å². The average Bonchev–Trinajstić information content (AvgIpc) is 1.73. The van der Waals surface area contributed by atoms with Crippen LogP contribution in [-0.4, -0.2) is 17.5 Å². The van der Waals surface area contributed by atoms with Crippen LogP contribution in [0.5, 0.6) is 0 Å². The topological polar surface area (TPSA) is 29.5 Å². The Labute approximate surface area is 54.8 Å². The Kier molecular flexibility index (Phi) is 1.08. The van der Waals surface area contributed by atoms with Crippen molar-refractivity contribution in [3.8, 4) is 0 Å². The van der Waals surface area contributed by atoms with E-state index in [0.717, 1.165) is 6.42 Å². The molecule has 0 aromatic carbocycles. The molecule has 1 N–H and O–H groups in total. The first kappa shape index (κ1) is 5.69. The molecular weight excluding hydrogens is 116 g/mol. The molecule has 1 aliphatic heterocycles. The molecule has 2 aliphatic rings. The van der Waals surface area contributed by atoms with Gasteiger partial charge in [-0.25, -0.2) is 0 Å². The molecule has 1 aliphatic carbocycles. The Hall–Kier alpha value is -0.0800. The molecule has 0 aromatic rings. The summed E-state index contributed by atoms with van der Waals surface area (Å²) in [7, 11) is 0. The Morgan fingerprint density at radius 3 is 2.22 bits per heavy atom. The molecule has 4 unspecified atom stereocenters. The van der Waals surface area contributed by atoms with Gasteiger partial charge in [0.15, 0.2) is 6.29 Å². The van der Waals surface area contributed by atoms with E-state index < -0.39 is 6.29 Å². The first-order chi connectivity index (χ1) is 4.29. The fourth-order valence-electron chi connectivity index (χ4n) is 1.91. The van der Waals surface area contributed by atoms with E-state index in [0.29, 0.717) is 17.9 Å². The minimum atomic E-state index is -0.446. The van der Waals surface area contributed by atoms with E-state index in [1.165, 1.54) is 6.42 Å². The van der Waals surface area contributed by atoms with Gasteiger partial charge in [-0.1, -0.05) is 0 Å². The summed E-state index contributed by atoms with van der Waals surface area (Å²) in [6, 6.07) is 0. The second-order valence-corrected chi connectivity index (χ2v) is 3.14. The SMILES string of the molecule is CC1OC(O)C2CCC12. The normalized spacial score (nSPS) is 56.7. The summed E-state index contributed by atoms with van der Waals surface area (Å²) in [5, 5.41) is 9.17. The molecule has 0 radical (unpaired) electrons. The number of fused-ring (bicyclic) bond motifs is 1. The van der Waals surface area contributed by atoms with Gasteiger partial charge in [0.25, 0.3) is 0 Å². The molecule has 1 saturated carbocycles. The number of ether oxygens (including phenoxy) is 1. The molecule has 0 aromatic heterocycles. The van der Waals surface area contributed by atoms with E-state index in [9.17, 15) is 0 Å². The Balaban J connectivity index is 2.08. The number of rotatable bonds is 0. The van der Waals surface area contributed by atoms with Gasteiger partial charge in [0.2, 0.25) is 0 Å². The molecule has 2 fully saturated rings. The Bertz CT molecular complexity index is 110. The van der Waals surface area contributed by atoms with Crippen LogP contribution in [0.15, 0.2) is 0 Å².